The van der Waals surface area contributed by atoms with Gasteiger partial charge in [-0.25, -0.2) is 4.79 Å². The van der Waals surface area contributed by atoms with E-state index in [4.69, 9.17) is 4.74 Å². The number of nitrogens with zero attached hydrogens (tertiary/aromatic N) is 4. The number of ether oxygens (including phenoxy) is 1. The Labute approximate surface area is 197 Å². The number of para-hydroxylation sites is 2. The second-order valence-electron chi connectivity index (χ2n) is 6.58. The lowest BCUT2D eigenvalue weighted by atomic mass is 10.3. The molecule has 0 aliphatic rings. The van der Waals surface area contributed by atoms with Gasteiger partial charge in [-0.15, -0.1) is 10.2 Å². The quantitative estimate of drug-likeness (QED) is 0.121. The van der Waals surface area contributed by atoms with Crippen LogP contribution in [0.5, 0.6) is 0 Å². The Balaban J connectivity index is 2.13. The van der Waals surface area contributed by atoms with E-state index >= 15 is 0 Å². The Hall–Kier alpha value is -3.57. The number of nitro benzene ring substituents is 1. The number of carbonyl (C=O) groups excluding carboxylic acids is 2. The van der Waals surface area contributed by atoms with E-state index in [0.717, 1.165) is 28.8 Å². The minimum atomic E-state index is -0.519. The second kappa shape index (κ2) is 10.8. The number of aromatic nitrogens is 1. The molecule has 3 aromatic rings. The molecule has 0 bridgehead atoms. The number of hydrogen-bond donors (Lipinski definition) is 0. The molecule has 0 fully saturated rings. The molecule has 0 unspecified atom stereocenters. The van der Waals surface area contributed by atoms with Crippen molar-refractivity contribution in [1.82, 2.24) is 4.57 Å². The molecule has 3 rings (SSSR count). The van der Waals surface area contributed by atoms with Gasteiger partial charge in [-0.3, -0.25) is 19.5 Å². The van der Waals surface area contributed by atoms with Gasteiger partial charge in [-0.05, 0) is 32.0 Å². The molecular weight excluding hydrogens is 464 g/mol. The lowest BCUT2D eigenvalue weighted by Crippen LogP contribution is -2.15. The molecule has 9 nitrogen and oxygen atoms in total. The van der Waals surface area contributed by atoms with E-state index in [0.29, 0.717) is 15.4 Å². The van der Waals surface area contributed by atoms with Gasteiger partial charge >= 0.3 is 5.97 Å². The molecule has 1 heterocycles. The highest BCUT2D eigenvalue weighted by Crippen LogP contribution is 2.30. The first-order valence-corrected chi connectivity index (χ1v) is 11.5. The predicted molar refractivity (Wildman–Crippen MR) is 127 cm³/mol. The van der Waals surface area contributed by atoms with Crippen LogP contribution >= 0.6 is 23.1 Å². The minimum absolute atomic E-state index is 0.0207. The number of esters is 1. The number of rotatable bonds is 7. The van der Waals surface area contributed by atoms with Gasteiger partial charge in [0.05, 0.1) is 16.4 Å². The molecule has 0 spiro atoms. The summed E-state index contributed by atoms with van der Waals surface area (Å²) < 4.78 is 6.89. The standard InChI is InChI=1S/C22H20N4O5S2/c1-4-31-21(28)19-14(2)25(16-10-6-5-7-11-16)22(33-19)24-23-20(15(3)27)32-18-13-9-8-12-17(18)26(29)30/h5-13H,4H2,1-3H3. The summed E-state index contributed by atoms with van der Waals surface area (Å²) in [6, 6.07) is 15.4. The predicted octanol–water partition coefficient (Wildman–Crippen LogP) is 4.53. The number of nitro groups is 1. The number of thiazole rings is 1. The van der Waals surface area contributed by atoms with E-state index in [1.807, 2.05) is 30.3 Å². The zero-order valence-corrected chi connectivity index (χ0v) is 19.7. The third kappa shape index (κ3) is 5.62. The second-order valence-corrected chi connectivity index (χ2v) is 8.59. The molecule has 0 atom stereocenters. The van der Waals surface area contributed by atoms with Gasteiger partial charge in [-0.2, -0.15) is 0 Å². The zero-order chi connectivity index (χ0) is 24.0. The Morgan fingerprint density at radius 2 is 1.82 bits per heavy atom. The Kier molecular flexibility index (Phi) is 7.91. The van der Waals surface area contributed by atoms with E-state index in [1.165, 1.54) is 13.0 Å². The molecule has 0 saturated heterocycles. The lowest BCUT2D eigenvalue weighted by Gasteiger charge is -2.06. The van der Waals surface area contributed by atoms with E-state index in [1.54, 1.807) is 36.6 Å². The first kappa shape index (κ1) is 24.1. The number of hydrogen-bond acceptors (Lipinski definition) is 9. The van der Waals surface area contributed by atoms with Crippen LogP contribution in [0.1, 0.15) is 29.2 Å². The summed E-state index contributed by atoms with van der Waals surface area (Å²) in [4.78, 5) is 36.4. The Morgan fingerprint density at radius 1 is 1.15 bits per heavy atom. The number of carbonyl (C=O) groups is 2. The summed E-state index contributed by atoms with van der Waals surface area (Å²) in [6.45, 7) is 5.03. The fourth-order valence-corrected chi connectivity index (χ4v) is 4.64. The summed E-state index contributed by atoms with van der Waals surface area (Å²) in [7, 11) is 0. The maximum Gasteiger partial charge on any atom is 0.350 e. The van der Waals surface area contributed by atoms with Crippen molar-refractivity contribution in [1.29, 1.82) is 0 Å². The maximum absolute atomic E-state index is 12.4. The highest BCUT2D eigenvalue weighted by molar-refractivity contribution is 8.15. The van der Waals surface area contributed by atoms with Crippen LogP contribution in [0, 0.1) is 17.0 Å². The van der Waals surface area contributed by atoms with Crippen molar-refractivity contribution in [3.63, 3.8) is 0 Å². The molecule has 0 aliphatic carbocycles. The van der Waals surface area contributed by atoms with Crippen LogP contribution in [0.25, 0.3) is 5.69 Å². The van der Waals surface area contributed by atoms with Crippen LogP contribution < -0.4 is 4.80 Å². The van der Waals surface area contributed by atoms with Gasteiger partial charge in [0, 0.05) is 24.4 Å². The van der Waals surface area contributed by atoms with Gasteiger partial charge in [0.1, 0.15) is 4.88 Å². The SMILES string of the molecule is CCOC(=O)c1sc(=NN=C(Sc2ccccc2[N+](=O)[O-])C(C)=O)n(-c2ccccc2)c1C. The zero-order valence-electron chi connectivity index (χ0n) is 18.0. The van der Waals surface area contributed by atoms with Crippen molar-refractivity contribution in [2.45, 2.75) is 25.7 Å². The summed E-state index contributed by atoms with van der Waals surface area (Å²) in [5.41, 5.74) is 1.24. The highest BCUT2D eigenvalue weighted by atomic mass is 32.2. The third-order valence-corrected chi connectivity index (χ3v) is 6.56. The van der Waals surface area contributed by atoms with E-state index in [-0.39, 0.29) is 22.2 Å². The fourth-order valence-electron chi connectivity index (χ4n) is 2.84. The average molecular weight is 485 g/mol. The van der Waals surface area contributed by atoms with Crippen molar-refractivity contribution in [2.24, 2.45) is 10.2 Å². The number of benzene rings is 2. The Bertz CT molecular complexity index is 1300. The van der Waals surface area contributed by atoms with E-state index < -0.39 is 16.7 Å². The van der Waals surface area contributed by atoms with Crippen molar-refractivity contribution in [3.8, 4) is 5.69 Å². The van der Waals surface area contributed by atoms with Gasteiger partial charge in [-0.1, -0.05) is 53.4 Å². The molecule has 0 N–H and O–H groups in total. The molecular formula is C22H20N4O5S2. The molecule has 11 heteroatoms. The number of thioether (sulfide) groups is 1. The molecule has 170 valence electrons. The molecule has 0 saturated carbocycles. The fraction of sp³-hybridized carbons (Fsp3) is 0.182. The minimum Gasteiger partial charge on any atom is -0.462 e. The summed E-state index contributed by atoms with van der Waals surface area (Å²) in [6.07, 6.45) is 0. The largest absolute Gasteiger partial charge is 0.462 e. The van der Waals surface area contributed by atoms with Crippen LogP contribution in [-0.4, -0.2) is 32.9 Å². The van der Waals surface area contributed by atoms with Crippen molar-refractivity contribution >= 4 is 45.6 Å². The van der Waals surface area contributed by atoms with Crippen LogP contribution in [-0.2, 0) is 9.53 Å². The van der Waals surface area contributed by atoms with Crippen molar-refractivity contribution < 1.29 is 19.2 Å². The Morgan fingerprint density at radius 3 is 2.45 bits per heavy atom. The topological polar surface area (TPSA) is 116 Å². The average Bonchev–Trinajstić information content (AvgIpc) is 3.13. The van der Waals surface area contributed by atoms with Crippen LogP contribution in [0.15, 0.2) is 69.7 Å². The maximum atomic E-state index is 12.4. The molecule has 0 radical (unpaired) electrons. The summed E-state index contributed by atoms with van der Waals surface area (Å²) in [5, 5.41) is 19.6. The first-order chi connectivity index (χ1) is 15.8. The van der Waals surface area contributed by atoms with Crippen LogP contribution in [0.4, 0.5) is 5.69 Å². The highest BCUT2D eigenvalue weighted by Gasteiger charge is 2.20. The van der Waals surface area contributed by atoms with E-state index in [2.05, 4.69) is 10.2 Å². The molecule has 0 aliphatic heterocycles. The van der Waals surface area contributed by atoms with E-state index in [9.17, 15) is 19.7 Å². The number of ketones is 1. The van der Waals surface area contributed by atoms with Crippen molar-refractivity contribution in [2.75, 3.05) is 6.61 Å². The molecule has 2 aromatic carbocycles. The summed E-state index contributed by atoms with van der Waals surface area (Å²) >= 11 is 1.95. The van der Waals surface area contributed by atoms with Gasteiger partial charge in [0.2, 0.25) is 4.80 Å². The monoisotopic (exact) mass is 484 g/mol. The van der Waals surface area contributed by atoms with Gasteiger partial charge < -0.3 is 4.74 Å². The normalized spacial score (nSPS) is 12.0. The summed E-state index contributed by atoms with van der Waals surface area (Å²) in [5.74, 6) is -0.872. The first-order valence-electron chi connectivity index (χ1n) is 9.82. The van der Waals surface area contributed by atoms with Crippen LogP contribution in [0.3, 0.4) is 0 Å². The number of Topliss-reactive ketones (excluding diaryl/α,β-unsaturated/α-hetero) is 1. The van der Waals surface area contributed by atoms with Crippen LogP contribution in [0.2, 0.25) is 0 Å². The molecule has 0 amide bonds. The van der Waals surface area contributed by atoms with Gasteiger partial charge in [0.25, 0.3) is 5.69 Å². The lowest BCUT2D eigenvalue weighted by molar-refractivity contribution is -0.387. The molecule has 33 heavy (non-hydrogen) atoms. The molecule has 1 aromatic heterocycles. The third-order valence-electron chi connectivity index (χ3n) is 4.32. The van der Waals surface area contributed by atoms with Crippen molar-refractivity contribution in [3.05, 3.63) is 80.1 Å². The smallest absolute Gasteiger partial charge is 0.350 e. The van der Waals surface area contributed by atoms with Gasteiger partial charge in [0.15, 0.2) is 10.8 Å².